The number of imide groups is 1. The van der Waals surface area contributed by atoms with Crippen molar-refractivity contribution in [3.63, 3.8) is 0 Å². The molecule has 0 radical (unpaired) electrons. The Morgan fingerprint density at radius 1 is 1.25 bits per heavy atom. The Labute approximate surface area is 137 Å². The Kier molecular flexibility index (Phi) is 5.72. The third kappa shape index (κ3) is 4.70. The van der Waals surface area contributed by atoms with Crippen LogP contribution in [0.4, 0.5) is 9.59 Å². The van der Waals surface area contributed by atoms with Crippen LogP contribution in [-0.4, -0.2) is 53.1 Å². The standard InChI is InChI=1S/C15H17N3O6/c19-12-8-11(17-14(21)22)13(20)18(12)7-6-16-15(23)24-9-10-4-2-1-3-5-10/h1-5,11,17H,6-9H2,(H,16,23)(H,21,22). The number of amides is 4. The average Bonchev–Trinajstić information content (AvgIpc) is 2.80. The van der Waals surface area contributed by atoms with Crippen LogP contribution in [-0.2, 0) is 20.9 Å². The molecule has 0 spiro atoms. The number of alkyl carbamates (subject to hydrolysis) is 1. The molecule has 1 saturated heterocycles. The first kappa shape index (κ1) is 17.3. The summed E-state index contributed by atoms with van der Waals surface area (Å²) in [6, 6.07) is 8.04. The Morgan fingerprint density at radius 3 is 2.62 bits per heavy atom. The molecule has 0 saturated carbocycles. The quantitative estimate of drug-likeness (QED) is 0.643. The number of carbonyl (C=O) groups excluding carboxylic acids is 3. The average molecular weight is 335 g/mol. The number of likely N-dealkylation sites (tertiary alicyclic amines) is 1. The normalized spacial score (nSPS) is 16.8. The molecule has 1 heterocycles. The summed E-state index contributed by atoms with van der Waals surface area (Å²) >= 11 is 0. The number of benzene rings is 1. The van der Waals surface area contributed by atoms with Crippen LogP contribution in [0.5, 0.6) is 0 Å². The number of hydrogen-bond donors (Lipinski definition) is 3. The minimum atomic E-state index is -1.37. The van der Waals surface area contributed by atoms with Gasteiger partial charge in [0.05, 0.1) is 6.42 Å². The van der Waals surface area contributed by atoms with Crippen LogP contribution in [0.1, 0.15) is 12.0 Å². The molecule has 24 heavy (non-hydrogen) atoms. The van der Waals surface area contributed by atoms with Crippen molar-refractivity contribution in [2.75, 3.05) is 13.1 Å². The van der Waals surface area contributed by atoms with Gasteiger partial charge in [-0.1, -0.05) is 30.3 Å². The monoisotopic (exact) mass is 335 g/mol. The Bertz CT molecular complexity index is 633. The van der Waals surface area contributed by atoms with E-state index in [9.17, 15) is 19.2 Å². The highest BCUT2D eigenvalue weighted by Gasteiger charge is 2.39. The third-order valence-electron chi connectivity index (χ3n) is 3.36. The highest BCUT2D eigenvalue weighted by atomic mass is 16.5. The molecule has 0 bridgehead atoms. The van der Waals surface area contributed by atoms with Crippen LogP contribution >= 0.6 is 0 Å². The number of rotatable bonds is 6. The minimum absolute atomic E-state index is 0.0187. The van der Waals surface area contributed by atoms with E-state index in [4.69, 9.17) is 9.84 Å². The van der Waals surface area contributed by atoms with E-state index in [0.29, 0.717) is 0 Å². The number of carbonyl (C=O) groups is 4. The van der Waals surface area contributed by atoms with Gasteiger partial charge in [-0.2, -0.15) is 0 Å². The summed E-state index contributed by atoms with van der Waals surface area (Å²) in [5.41, 5.74) is 0.833. The molecule has 2 rings (SSSR count). The van der Waals surface area contributed by atoms with E-state index in [2.05, 4.69) is 5.32 Å². The fraction of sp³-hybridized carbons (Fsp3) is 0.333. The molecular formula is C15H17N3O6. The van der Waals surface area contributed by atoms with Gasteiger partial charge in [-0.25, -0.2) is 9.59 Å². The molecule has 4 amide bonds. The lowest BCUT2D eigenvalue weighted by molar-refractivity contribution is -0.138. The molecule has 1 aromatic rings. The van der Waals surface area contributed by atoms with Gasteiger partial charge < -0.3 is 20.5 Å². The molecule has 128 valence electrons. The van der Waals surface area contributed by atoms with Crippen LogP contribution < -0.4 is 10.6 Å². The van der Waals surface area contributed by atoms with Crippen molar-refractivity contribution in [3.8, 4) is 0 Å². The molecule has 1 unspecified atom stereocenters. The predicted molar refractivity (Wildman–Crippen MR) is 80.9 cm³/mol. The maximum absolute atomic E-state index is 11.9. The summed E-state index contributed by atoms with van der Waals surface area (Å²) in [5, 5.41) is 13.0. The summed E-state index contributed by atoms with van der Waals surface area (Å²) in [5.74, 6) is -1.11. The van der Waals surface area contributed by atoms with E-state index in [1.807, 2.05) is 35.6 Å². The largest absolute Gasteiger partial charge is 0.465 e. The zero-order valence-corrected chi connectivity index (χ0v) is 12.7. The zero-order chi connectivity index (χ0) is 17.5. The van der Waals surface area contributed by atoms with Gasteiger partial charge in [-0.15, -0.1) is 0 Å². The van der Waals surface area contributed by atoms with Gasteiger partial charge in [0.2, 0.25) is 5.91 Å². The lowest BCUT2D eigenvalue weighted by Crippen LogP contribution is -2.43. The van der Waals surface area contributed by atoms with Crippen molar-refractivity contribution in [1.82, 2.24) is 15.5 Å². The molecule has 9 nitrogen and oxygen atoms in total. The number of carboxylic acid groups (broad SMARTS) is 1. The predicted octanol–water partition coefficient (Wildman–Crippen LogP) is 0.308. The number of ether oxygens (including phenoxy) is 1. The summed E-state index contributed by atoms with van der Waals surface area (Å²) in [7, 11) is 0. The minimum Gasteiger partial charge on any atom is -0.465 e. The molecule has 1 atom stereocenters. The van der Waals surface area contributed by atoms with E-state index in [1.165, 1.54) is 0 Å². The van der Waals surface area contributed by atoms with E-state index < -0.39 is 30.0 Å². The van der Waals surface area contributed by atoms with Crippen molar-refractivity contribution < 1.29 is 29.0 Å². The zero-order valence-electron chi connectivity index (χ0n) is 12.7. The van der Waals surface area contributed by atoms with Crippen LogP contribution in [0.2, 0.25) is 0 Å². The molecule has 1 aliphatic rings. The summed E-state index contributed by atoms with van der Waals surface area (Å²) in [6.45, 7) is 0.0830. The lowest BCUT2D eigenvalue weighted by atomic mass is 10.2. The molecule has 1 aromatic carbocycles. The van der Waals surface area contributed by atoms with E-state index in [-0.39, 0.29) is 26.1 Å². The van der Waals surface area contributed by atoms with Crippen molar-refractivity contribution in [1.29, 1.82) is 0 Å². The van der Waals surface area contributed by atoms with Crippen molar-refractivity contribution in [3.05, 3.63) is 35.9 Å². The SMILES string of the molecule is O=C(O)NC1CC(=O)N(CCNC(=O)OCc2ccccc2)C1=O. The van der Waals surface area contributed by atoms with Crippen molar-refractivity contribution >= 4 is 24.0 Å². The summed E-state index contributed by atoms with van der Waals surface area (Å²) in [6.07, 6.45) is -2.26. The Balaban J connectivity index is 1.71. The topological polar surface area (TPSA) is 125 Å². The number of hydrogen-bond acceptors (Lipinski definition) is 5. The van der Waals surface area contributed by atoms with Crippen molar-refractivity contribution in [2.45, 2.75) is 19.1 Å². The smallest absolute Gasteiger partial charge is 0.407 e. The first-order valence-electron chi connectivity index (χ1n) is 7.25. The van der Waals surface area contributed by atoms with E-state index >= 15 is 0 Å². The fourth-order valence-electron chi connectivity index (χ4n) is 2.22. The number of nitrogens with one attached hydrogen (secondary N) is 2. The van der Waals surface area contributed by atoms with Crippen LogP contribution in [0.15, 0.2) is 30.3 Å². The highest BCUT2D eigenvalue weighted by molar-refractivity contribution is 6.06. The van der Waals surface area contributed by atoms with E-state index in [0.717, 1.165) is 10.5 Å². The molecule has 3 N–H and O–H groups in total. The molecule has 9 heteroatoms. The van der Waals surface area contributed by atoms with Gasteiger partial charge in [-0.05, 0) is 5.56 Å². The second-order valence-corrected chi connectivity index (χ2v) is 5.08. The van der Waals surface area contributed by atoms with Gasteiger partial charge in [0.1, 0.15) is 12.6 Å². The maximum Gasteiger partial charge on any atom is 0.407 e. The summed E-state index contributed by atoms with van der Waals surface area (Å²) in [4.78, 5) is 46.6. The van der Waals surface area contributed by atoms with Crippen molar-refractivity contribution in [2.24, 2.45) is 0 Å². The van der Waals surface area contributed by atoms with Gasteiger partial charge >= 0.3 is 12.2 Å². The maximum atomic E-state index is 11.9. The van der Waals surface area contributed by atoms with Crippen LogP contribution in [0, 0.1) is 0 Å². The summed E-state index contributed by atoms with van der Waals surface area (Å²) < 4.78 is 4.99. The van der Waals surface area contributed by atoms with Gasteiger partial charge in [-0.3, -0.25) is 14.5 Å². The molecule has 1 aliphatic heterocycles. The number of nitrogens with zero attached hydrogens (tertiary/aromatic N) is 1. The fourth-order valence-corrected chi connectivity index (χ4v) is 2.22. The second kappa shape index (κ2) is 7.95. The van der Waals surface area contributed by atoms with Crippen LogP contribution in [0.3, 0.4) is 0 Å². The van der Waals surface area contributed by atoms with Gasteiger partial charge in [0.15, 0.2) is 0 Å². The Hall–Kier alpha value is -3.10. The Morgan fingerprint density at radius 2 is 1.96 bits per heavy atom. The van der Waals surface area contributed by atoms with Gasteiger partial charge in [0, 0.05) is 13.1 Å². The molecular weight excluding hydrogens is 318 g/mol. The van der Waals surface area contributed by atoms with Crippen LogP contribution in [0.25, 0.3) is 0 Å². The molecule has 0 aromatic heterocycles. The molecule has 1 fully saturated rings. The lowest BCUT2D eigenvalue weighted by Gasteiger charge is -2.15. The first-order valence-corrected chi connectivity index (χ1v) is 7.25. The second-order valence-electron chi connectivity index (χ2n) is 5.08. The first-order chi connectivity index (χ1) is 11.5. The van der Waals surface area contributed by atoms with Gasteiger partial charge in [0.25, 0.3) is 5.91 Å². The molecule has 0 aliphatic carbocycles. The third-order valence-corrected chi connectivity index (χ3v) is 3.36. The van der Waals surface area contributed by atoms with E-state index in [1.54, 1.807) is 0 Å². The highest BCUT2D eigenvalue weighted by Crippen LogP contribution is 2.12.